The molecule has 26 heavy (non-hydrogen) atoms. The number of hydrogen-bond acceptors (Lipinski definition) is 3. The van der Waals surface area contributed by atoms with E-state index in [1.807, 2.05) is 44.2 Å². The topological polar surface area (TPSA) is 66.5 Å². The van der Waals surface area contributed by atoms with Crippen LogP contribution >= 0.6 is 0 Å². The Hall–Kier alpha value is -2.34. The lowest BCUT2D eigenvalue weighted by molar-refractivity contribution is -0.123. The molecule has 0 bridgehead atoms. The number of hydrogen-bond donors (Lipinski definition) is 1. The molecule has 5 nitrogen and oxygen atoms in total. The van der Waals surface area contributed by atoms with Crippen LogP contribution in [0.1, 0.15) is 26.3 Å². The molecule has 0 aliphatic heterocycles. The van der Waals surface area contributed by atoms with Gasteiger partial charge in [0.2, 0.25) is 15.9 Å². The van der Waals surface area contributed by atoms with Crippen molar-refractivity contribution in [1.29, 1.82) is 0 Å². The zero-order valence-corrected chi connectivity index (χ0v) is 16.5. The van der Waals surface area contributed by atoms with Crippen molar-refractivity contribution in [3.05, 3.63) is 66.2 Å². The quantitative estimate of drug-likeness (QED) is 0.810. The zero-order valence-electron chi connectivity index (χ0n) is 15.6. The van der Waals surface area contributed by atoms with Crippen LogP contribution in [0.5, 0.6) is 0 Å². The Kier molecular flexibility index (Phi) is 6.08. The van der Waals surface area contributed by atoms with Crippen molar-refractivity contribution >= 4 is 21.6 Å². The SMILES string of the molecule is C[C@@H](C(=O)NC(C)(C)Cc1ccccc1)N(c1ccccc1)S(C)(=O)=O. The van der Waals surface area contributed by atoms with Gasteiger partial charge in [0, 0.05) is 5.54 Å². The summed E-state index contributed by atoms with van der Waals surface area (Å²) >= 11 is 0. The summed E-state index contributed by atoms with van der Waals surface area (Å²) in [6.45, 7) is 5.46. The van der Waals surface area contributed by atoms with Gasteiger partial charge in [0.25, 0.3) is 0 Å². The van der Waals surface area contributed by atoms with Gasteiger partial charge in [-0.2, -0.15) is 0 Å². The molecule has 1 atom stereocenters. The van der Waals surface area contributed by atoms with Crippen LogP contribution in [0, 0.1) is 0 Å². The van der Waals surface area contributed by atoms with E-state index >= 15 is 0 Å². The van der Waals surface area contributed by atoms with Gasteiger partial charge in [-0.1, -0.05) is 48.5 Å². The van der Waals surface area contributed by atoms with E-state index in [1.165, 1.54) is 0 Å². The molecule has 2 aromatic carbocycles. The number of anilines is 1. The third kappa shape index (κ3) is 5.33. The van der Waals surface area contributed by atoms with Crippen molar-refractivity contribution in [3.8, 4) is 0 Å². The molecule has 0 heterocycles. The van der Waals surface area contributed by atoms with Crippen molar-refractivity contribution in [2.24, 2.45) is 0 Å². The highest BCUT2D eigenvalue weighted by molar-refractivity contribution is 7.92. The number of benzene rings is 2. The minimum absolute atomic E-state index is 0.333. The number of amides is 1. The molecule has 0 aliphatic carbocycles. The number of carbonyl (C=O) groups excluding carboxylic acids is 1. The molecule has 0 spiro atoms. The normalized spacial score (nSPS) is 13.1. The number of sulfonamides is 1. The van der Waals surface area contributed by atoms with Gasteiger partial charge >= 0.3 is 0 Å². The lowest BCUT2D eigenvalue weighted by atomic mass is 9.94. The summed E-state index contributed by atoms with van der Waals surface area (Å²) in [7, 11) is -3.60. The van der Waals surface area contributed by atoms with Crippen molar-refractivity contribution < 1.29 is 13.2 Å². The first-order valence-corrected chi connectivity index (χ1v) is 10.4. The largest absolute Gasteiger partial charge is 0.349 e. The number of para-hydroxylation sites is 1. The average molecular weight is 375 g/mol. The summed E-state index contributed by atoms with van der Waals surface area (Å²) in [5.41, 5.74) is 1.07. The maximum Gasteiger partial charge on any atom is 0.244 e. The Balaban J connectivity index is 2.18. The fourth-order valence-corrected chi connectivity index (χ4v) is 4.15. The molecule has 0 radical (unpaired) electrons. The number of nitrogens with zero attached hydrogens (tertiary/aromatic N) is 1. The van der Waals surface area contributed by atoms with E-state index in [-0.39, 0.29) is 5.91 Å². The summed E-state index contributed by atoms with van der Waals surface area (Å²) in [5.74, 6) is -0.333. The fourth-order valence-electron chi connectivity index (χ4n) is 2.97. The Morgan fingerprint density at radius 3 is 2.04 bits per heavy atom. The maximum absolute atomic E-state index is 12.8. The van der Waals surface area contributed by atoms with E-state index in [1.54, 1.807) is 37.3 Å². The zero-order chi connectivity index (χ0) is 19.4. The lowest BCUT2D eigenvalue weighted by Gasteiger charge is -2.32. The molecule has 2 aromatic rings. The van der Waals surface area contributed by atoms with Crippen molar-refractivity contribution in [3.63, 3.8) is 0 Å². The molecule has 0 saturated heterocycles. The minimum atomic E-state index is -3.60. The van der Waals surface area contributed by atoms with Crippen LogP contribution in [0.4, 0.5) is 5.69 Å². The van der Waals surface area contributed by atoms with Gasteiger partial charge in [0.15, 0.2) is 0 Å². The summed E-state index contributed by atoms with van der Waals surface area (Å²) in [6.07, 6.45) is 1.76. The molecule has 0 saturated carbocycles. The van der Waals surface area contributed by atoms with Crippen LogP contribution in [0.2, 0.25) is 0 Å². The molecular formula is C20H26N2O3S. The number of nitrogens with one attached hydrogen (secondary N) is 1. The predicted octanol–water partition coefficient (Wildman–Crippen LogP) is 2.98. The molecule has 6 heteroatoms. The van der Waals surface area contributed by atoms with Crippen LogP contribution in [0.25, 0.3) is 0 Å². The summed E-state index contributed by atoms with van der Waals surface area (Å²) in [6, 6.07) is 17.7. The van der Waals surface area contributed by atoms with E-state index in [9.17, 15) is 13.2 Å². The predicted molar refractivity (Wildman–Crippen MR) is 106 cm³/mol. The van der Waals surface area contributed by atoms with Crippen LogP contribution < -0.4 is 9.62 Å². The van der Waals surface area contributed by atoms with Crippen LogP contribution in [-0.4, -0.2) is 32.2 Å². The first kappa shape index (κ1) is 20.0. The highest BCUT2D eigenvalue weighted by atomic mass is 32.2. The van der Waals surface area contributed by atoms with Crippen molar-refractivity contribution in [1.82, 2.24) is 5.32 Å². The third-order valence-corrected chi connectivity index (χ3v) is 5.29. The Bertz CT molecular complexity index is 834. The average Bonchev–Trinajstić information content (AvgIpc) is 2.54. The second kappa shape index (κ2) is 7.91. The molecule has 2 rings (SSSR count). The fraction of sp³-hybridized carbons (Fsp3) is 0.350. The molecule has 140 valence electrons. The highest BCUT2D eigenvalue weighted by Gasteiger charge is 2.32. The first-order chi connectivity index (χ1) is 12.1. The monoisotopic (exact) mass is 374 g/mol. The van der Waals surface area contributed by atoms with Gasteiger partial charge in [0.05, 0.1) is 11.9 Å². The third-order valence-electron chi connectivity index (χ3n) is 4.05. The van der Waals surface area contributed by atoms with Gasteiger partial charge in [0.1, 0.15) is 6.04 Å². The van der Waals surface area contributed by atoms with E-state index < -0.39 is 21.6 Å². The molecule has 0 fully saturated rings. The Morgan fingerprint density at radius 2 is 1.54 bits per heavy atom. The second-order valence-corrected chi connectivity index (χ2v) is 8.97. The van der Waals surface area contributed by atoms with Crippen molar-refractivity contribution in [2.45, 2.75) is 38.8 Å². The molecule has 0 aromatic heterocycles. The van der Waals surface area contributed by atoms with Crippen LogP contribution in [0.3, 0.4) is 0 Å². The smallest absolute Gasteiger partial charge is 0.244 e. The van der Waals surface area contributed by atoms with Crippen molar-refractivity contribution in [2.75, 3.05) is 10.6 Å². The molecule has 0 aliphatic rings. The Labute approximate surface area is 156 Å². The van der Waals surface area contributed by atoms with Gasteiger partial charge in [-0.25, -0.2) is 8.42 Å². The summed E-state index contributed by atoms with van der Waals surface area (Å²) < 4.78 is 25.7. The number of carbonyl (C=O) groups is 1. The molecule has 0 unspecified atom stereocenters. The lowest BCUT2D eigenvalue weighted by Crippen LogP contribution is -2.54. The molecular weight excluding hydrogens is 348 g/mol. The van der Waals surface area contributed by atoms with Gasteiger partial charge < -0.3 is 5.32 Å². The number of rotatable bonds is 7. The summed E-state index contributed by atoms with van der Waals surface area (Å²) in [4.78, 5) is 12.8. The maximum atomic E-state index is 12.8. The summed E-state index contributed by atoms with van der Waals surface area (Å²) in [5, 5.41) is 2.98. The second-order valence-electron chi connectivity index (χ2n) is 7.11. The van der Waals surface area contributed by atoms with E-state index in [0.29, 0.717) is 12.1 Å². The first-order valence-electron chi connectivity index (χ1n) is 8.50. The molecule has 1 N–H and O–H groups in total. The van der Waals surface area contributed by atoms with Crippen LogP contribution in [0.15, 0.2) is 60.7 Å². The standard InChI is InChI=1S/C20H26N2O3S/c1-16(22(26(4,24)25)18-13-9-6-10-14-18)19(23)21-20(2,3)15-17-11-7-5-8-12-17/h5-14,16H,15H2,1-4H3,(H,21,23)/t16-/m0/s1. The minimum Gasteiger partial charge on any atom is -0.349 e. The van der Waals surface area contributed by atoms with Gasteiger partial charge in [-0.05, 0) is 44.9 Å². The highest BCUT2D eigenvalue weighted by Crippen LogP contribution is 2.21. The van der Waals surface area contributed by atoms with Gasteiger partial charge in [-0.15, -0.1) is 0 Å². The van der Waals surface area contributed by atoms with Gasteiger partial charge in [-0.3, -0.25) is 9.10 Å². The van der Waals surface area contributed by atoms with Crippen LogP contribution in [-0.2, 0) is 21.2 Å². The van der Waals surface area contributed by atoms with E-state index in [2.05, 4.69) is 5.32 Å². The van der Waals surface area contributed by atoms with E-state index in [0.717, 1.165) is 16.1 Å². The van der Waals surface area contributed by atoms with E-state index in [4.69, 9.17) is 0 Å². The Morgan fingerprint density at radius 1 is 1.04 bits per heavy atom. The molecule has 1 amide bonds.